The van der Waals surface area contributed by atoms with Crippen LogP contribution in [0.15, 0.2) is 51.8 Å². The summed E-state index contributed by atoms with van der Waals surface area (Å²) in [7, 11) is 0. The average molecular weight is 463 g/mol. The van der Waals surface area contributed by atoms with Crippen molar-refractivity contribution in [3.63, 3.8) is 0 Å². The first-order chi connectivity index (χ1) is 13.4. The highest BCUT2D eigenvalue weighted by molar-refractivity contribution is 9.10. The summed E-state index contributed by atoms with van der Waals surface area (Å²) >= 11 is 4.30. The number of halogens is 1. The summed E-state index contributed by atoms with van der Waals surface area (Å²) in [5.41, 5.74) is 1.43. The topological polar surface area (TPSA) is 89.8 Å². The minimum Gasteiger partial charge on any atom is -0.488 e. The standard InChI is InChI=1S/C19H15BrN2O5S/c1-2-21-18(23)17(28-19(21)24)10-13-9-14(20)5-8-16(13)27-11-12-3-6-15(7-4-12)22(25)26/h3-10H,2,11H2,1H3. The lowest BCUT2D eigenvalue weighted by molar-refractivity contribution is -0.384. The highest BCUT2D eigenvalue weighted by atomic mass is 79.9. The number of likely N-dealkylation sites (N-methyl/N-ethyl adjacent to an activating group) is 1. The van der Waals surface area contributed by atoms with Crippen LogP contribution in [0.5, 0.6) is 5.75 Å². The molecule has 0 radical (unpaired) electrons. The van der Waals surface area contributed by atoms with Crippen molar-refractivity contribution >= 4 is 50.6 Å². The van der Waals surface area contributed by atoms with Crippen LogP contribution >= 0.6 is 27.7 Å². The number of non-ortho nitro benzene ring substituents is 1. The fourth-order valence-electron chi connectivity index (χ4n) is 2.55. The number of nitrogens with zero attached hydrogens (tertiary/aromatic N) is 2. The van der Waals surface area contributed by atoms with Crippen LogP contribution in [0.1, 0.15) is 18.1 Å². The fourth-order valence-corrected chi connectivity index (χ4v) is 3.82. The lowest BCUT2D eigenvalue weighted by Gasteiger charge is -2.11. The number of benzene rings is 2. The fraction of sp³-hybridized carbons (Fsp3) is 0.158. The van der Waals surface area contributed by atoms with Crippen molar-refractivity contribution in [1.82, 2.24) is 4.90 Å². The van der Waals surface area contributed by atoms with E-state index in [9.17, 15) is 19.7 Å². The SMILES string of the molecule is CCN1C(=O)SC(=Cc2cc(Br)ccc2OCc2ccc([N+](=O)[O-])cc2)C1=O. The van der Waals surface area contributed by atoms with Gasteiger partial charge < -0.3 is 4.74 Å². The minimum absolute atomic E-state index is 0.0136. The molecule has 2 aromatic rings. The van der Waals surface area contributed by atoms with Gasteiger partial charge in [-0.05, 0) is 60.7 Å². The van der Waals surface area contributed by atoms with Gasteiger partial charge in [0.15, 0.2) is 0 Å². The summed E-state index contributed by atoms with van der Waals surface area (Å²) in [6, 6.07) is 11.5. The molecule has 0 bridgehead atoms. The van der Waals surface area contributed by atoms with E-state index in [4.69, 9.17) is 4.74 Å². The second-order valence-corrected chi connectivity index (χ2v) is 7.73. The molecule has 1 heterocycles. The van der Waals surface area contributed by atoms with Crippen molar-refractivity contribution < 1.29 is 19.2 Å². The van der Waals surface area contributed by atoms with E-state index in [0.717, 1.165) is 21.8 Å². The molecule has 0 aromatic heterocycles. The van der Waals surface area contributed by atoms with Crippen LogP contribution in [-0.4, -0.2) is 27.5 Å². The van der Waals surface area contributed by atoms with Crippen molar-refractivity contribution in [3.05, 3.63) is 73.1 Å². The normalized spacial score (nSPS) is 15.4. The predicted molar refractivity (Wildman–Crippen MR) is 110 cm³/mol. The molecule has 1 aliphatic rings. The molecule has 0 spiro atoms. The van der Waals surface area contributed by atoms with E-state index in [1.165, 1.54) is 17.0 Å². The summed E-state index contributed by atoms with van der Waals surface area (Å²) < 4.78 is 6.65. The Labute approximate surface area is 173 Å². The molecule has 3 rings (SSSR count). The van der Waals surface area contributed by atoms with Gasteiger partial charge in [-0.25, -0.2) is 0 Å². The molecule has 0 atom stereocenters. The maximum atomic E-state index is 12.3. The van der Waals surface area contributed by atoms with E-state index >= 15 is 0 Å². The quantitative estimate of drug-likeness (QED) is 0.341. The molecule has 0 unspecified atom stereocenters. The third kappa shape index (κ3) is 4.42. The molecule has 1 saturated heterocycles. The Morgan fingerprint density at radius 3 is 2.54 bits per heavy atom. The molecule has 144 valence electrons. The smallest absolute Gasteiger partial charge is 0.293 e. The molecular formula is C19H15BrN2O5S. The van der Waals surface area contributed by atoms with Gasteiger partial charge in [0.1, 0.15) is 12.4 Å². The van der Waals surface area contributed by atoms with Gasteiger partial charge in [0.25, 0.3) is 16.8 Å². The van der Waals surface area contributed by atoms with Gasteiger partial charge in [-0.2, -0.15) is 0 Å². The first-order valence-corrected chi connectivity index (χ1v) is 9.91. The van der Waals surface area contributed by atoms with Gasteiger partial charge in [0, 0.05) is 28.7 Å². The van der Waals surface area contributed by atoms with E-state index in [1.54, 1.807) is 43.3 Å². The van der Waals surface area contributed by atoms with Crippen molar-refractivity contribution in [2.75, 3.05) is 6.54 Å². The zero-order chi connectivity index (χ0) is 20.3. The second kappa shape index (κ2) is 8.57. The first kappa shape index (κ1) is 20.1. The van der Waals surface area contributed by atoms with Crippen LogP contribution in [0.4, 0.5) is 10.5 Å². The molecular weight excluding hydrogens is 448 g/mol. The van der Waals surface area contributed by atoms with Crippen LogP contribution in [0.2, 0.25) is 0 Å². The minimum atomic E-state index is -0.458. The molecule has 1 fully saturated rings. The maximum absolute atomic E-state index is 12.3. The van der Waals surface area contributed by atoms with Crippen LogP contribution in [-0.2, 0) is 11.4 Å². The Morgan fingerprint density at radius 1 is 1.21 bits per heavy atom. The average Bonchev–Trinajstić information content (AvgIpc) is 2.94. The number of thioether (sulfide) groups is 1. The molecule has 2 amide bonds. The summed E-state index contributed by atoms with van der Waals surface area (Å²) in [4.78, 5) is 36.0. The lowest BCUT2D eigenvalue weighted by Crippen LogP contribution is -2.27. The summed E-state index contributed by atoms with van der Waals surface area (Å²) in [6.45, 7) is 2.28. The van der Waals surface area contributed by atoms with Crippen LogP contribution in [0.3, 0.4) is 0 Å². The predicted octanol–water partition coefficient (Wildman–Crippen LogP) is 4.99. The van der Waals surface area contributed by atoms with E-state index in [-0.39, 0.29) is 23.4 Å². The zero-order valence-corrected chi connectivity index (χ0v) is 17.2. The number of hydrogen-bond acceptors (Lipinski definition) is 6. The number of nitro benzene ring substituents is 1. The van der Waals surface area contributed by atoms with Crippen LogP contribution in [0.25, 0.3) is 6.08 Å². The number of carbonyl (C=O) groups excluding carboxylic acids is 2. The first-order valence-electron chi connectivity index (χ1n) is 8.30. The molecule has 0 saturated carbocycles. The Balaban J connectivity index is 1.81. The highest BCUT2D eigenvalue weighted by Gasteiger charge is 2.33. The van der Waals surface area contributed by atoms with E-state index in [0.29, 0.717) is 22.8 Å². The molecule has 1 aliphatic heterocycles. The molecule has 2 aromatic carbocycles. The largest absolute Gasteiger partial charge is 0.488 e. The van der Waals surface area contributed by atoms with Gasteiger partial charge in [-0.3, -0.25) is 24.6 Å². The van der Waals surface area contributed by atoms with Crippen molar-refractivity contribution in [1.29, 1.82) is 0 Å². The maximum Gasteiger partial charge on any atom is 0.293 e. The van der Waals surface area contributed by atoms with E-state index < -0.39 is 4.92 Å². The van der Waals surface area contributed by atoms with E-state index in [1.807, 2.05) is 0 Å². The van der Waals surface area contributed by atoms with Crippen molar-refractivity contribution in [2.24, 2.45) is 0 Å². The van der Waals surface area contributed by atoms with Crippen molar-refractivity contribution in [3.8, 4) is 5.75 Å². The Morgan fingerprint density at radius 2 is 1.93 bits per heavy atom. The molecule has 28 heavy (non-hydrogen) atoms. The van der Waals surface area contributed by atoms with Gasteiger partial charge in [-0.1, -0.05) is 15.9 Å². The monoisotopic (exact) mass is 462 g/mol. The number of carbonyl (C=O) groups is 2. The third-order valence-electron chi connectivity index (χ3n) is 3.99. The van der Waals surface area contributed by atoms with Crippen LogP contribution < -0.4 is 4.74 Å². The van der Waals surface area contributed by atoms with Crippen molar-refractivity contribution in [2.45, 2.75) is 13.5 Å². The van der Waals surface area contributed by atoms with Crippen LogP contribution in [0, 0.1) is 10.1 Å². The summed E-state index contributed by atoms with van der Waals surface area (Å²) in [5.74, 6) is 0.212. The van der Waals surface area contributed by atoms with Gasteiger partial charge in [0.2, 0.25) is 0 Å². The number of hydrogen-bond donors (Lipinski definition) is 0. The van der Waals surface area contributed by atoms with Gasteiger partial charge in [-0.15, -0.1) is 0 Å². The van der Waals surface area contributed by atoms with E-state index in [2.05, 4.69) is 15.9 Å². The summed E-state index contributed by atoms with van der Waals surface area (Å²) in [5, 5.41) is 10.4. The number of rotatable bonds is 6. The van der Waals surface area contributed by atoms with Gasteiger partial charge in [0.05, 0.1) is 9.83 Å². The lowest BCUT2D eigenvalue weighted by atomic mass is 10.1. The number of nitro groups is 1. The third-order valence-corrected chi connectivity index (χ3v) is 5.39. The zero-order valence-electron chi connectivity index (χ0n) is 14.8. The Bertz CT molecular complexity index is 975. The van der Waals surface area contributed by atoms with Gasteiger partial charge >= 0.3 is 0 Å². The molecule has 0 N–H and O–H groups in total. The molecule has 7 nitrogen and oxygen atoms in total. The Kier molecular flexibility index (Phi) is 6.15. The number of ether oxygens (including phenoxy) is 1. The highest BCUT2D eigenvalue weighted by Crippen LogP contribution is 2.34. The summed E-state index contributed by atoms with van der Waals surface area (Å²) in [6.07, 6.45) is 1.64. The molecule has 0 aliphatic carbocycles. The number of imide groups is 1. The molecule has 9 heteroatoms. The second-order valence-electron chi connectivity index (χ2n) is 5.82. The number of amides is 2. The Hall–Kier alpha value is -2.65.